The number of anilines is 1. The number of pyridine rings is 1. The molecule has 1 saturated heterocycles. The number of aryl methyl sites for hydroxylation is 1. The fourth-order valence-electron chi connectivity index (χ4n) is 3.87. The maximum Gasteiger partial charge on any atom is 0.267 e. The fourth-order valence-corrected chi connectivity index (χ4v) is 5.34. The van der Waals surface area contributed by atoms with E-state index in [2.05, 4.69) is 10.3 Å². The van der Waals surface area contributed by atoms with E-state index in [9.17, 15) is 18.3 Å². The summed E-state index contributed by atoms with van der Waals surface area (Å²) in [6.07, 6.45) is 1.13. The Bertz CT molecular complexity index is 1240. The molecule has 0 saturated carbocycles. The number of nitrogens with one attached hydrogen (secondary N) is 1. The van der Waals surface area contributed by atoms with Gasteiger partial charge >= 0.3 is 0 Å². The van der Waals surface area contributed by atoms with E-state index in [0.717, 1.165) is 16.8 Å². The molecule has 2 atom stereocenters. The molecule has 1 fully saturated rings. The van der Waals surface area contributed by atoms with Crippen LogP contribution < -0.4 is 11.1 Å². The maximum absolute atomic E-state index is 13.1. The van der Waals surface area contributed by atoms with Crippen LogP contribution in [0.25, 0.3) is 11.1 Å². The lowest BCUT2D eigenvalue weighted by Crippen LogP contribution is -2.51. The molecule has 1 aliphatic rings. The third-order valence-corrected chi connectivity index (χ3v) is 7.67. The lowest BCUT2D eigenvalue weighted by atomic mass is 10.0. The molecule has 172 valence electrons. The van der Waals surface area contributed by atoms with Gasteiger partial charge in [-0.2, -0.15) is 4.31 Å². The van der Waals surface area contributed by atoms with E-state index >= 15 is 0 Å². The average Bonchev–Trinajstić information content (AvgIpc) is 2.82. The highest BCUT2D eigenvalue weighted by Crippen LogP contribution is 2.26. The van der Waals surface area contributed by atoms with E-state index < -0.39 is 22.0 Å². The summed E-state index contributed by atoms with van der Waals surface area (Å²) >= 11 is 0. The average molecular weight is 467 g/mol. The number of sulfonamides is 1. The maximum atomic E-state index is 13.1. The number of hydrogen-bond acceptors (Lipinski definition) is 6. The van der Waals surface area contributed by atoms with Gasteiger partial charge in [-0.05, 0) is 60.9 Å². The second-order valence-corrected chi connectivity index (χ2v) is 10.1. The predicted molar refractivity (Wildman–Crippen MR) is 126 cm³/mol. The summed E-state index contributed by atoms with van der Waals surface area (Å²) in [5.41, 5.74) is 8.91. The van der Waals surface area contributed by atoms with E-state index in [0.29, 0.717) is 18.5 Å². The molecular formula is C24H26N4O4S. The molecule has 9 heteroatoms. The minimum Gasteiger partial charge on any atom is -0.390 e. The van der Waals surface area contributed by atoms with Crippen molar-refractivity contribution in [2.24, 2.45) is 5.73 Å². The van der Waals surface area contributed by atoms with Crippen LogP contribution >= 0.6 is 0 Å². The second-order valence-electron chi connectivity index (χ2n) is 8.15. The molecule has 4 N–H and O–H groups in total. The van der Waals surface area contributed by atoms with Crippen LogP contribution in [0.1, 0.15) is 22.5 Å². The molecule has 0 spiro atoms. The zero-order valence-corrected chi connectivity index (χ0v) is 19.0. The van der Waals surface area contributed by atoms with Crippen molar-refractivity contribution in [1.29, 1.82) is 0 Å². The molecular weight excluding hydrogens is 440 g/mol. The van der Waals surface area contributed by atoms with E-state index in [1.165, 1.54) is 22.6 Å². The Hall–Kier alpha value is -3.27. The van der Waals surface area contributed by atoms with Gasteiger partial charge in [0.1, 0.15) is 5.69 Å². The van der Waals surface area contributed by atoms with E-state index in [-0.39, 0.29) is 23.2 Å². The van der Waals surface area contributed by atoms with Crippen LogP contribution in [-0.2, 0) is 10.0 Å². The van der Waals surface area contributed by atoms with Crippen LogP contribution in [0.15, 0.2) is 71.8 Å². The van der Waals surface area contributed by atoms with Gasteiger partial charge < -0.3 is 16.2 Å². The highest BCUT2D eigenvalue weighted by molar-refractivity contribution is 7.89. The van der Waals surface area contributed by atoms with Crippen LogP contribution in [0.4, 0.5) is 5.69 Å². The number of hydrogen-bond donors (Lipinski definition) is 3. The number of benzene rings is 2. The van der Waals surface area contributed by atoms with Gasteiger partial charge in [0.15, 0.2) is 0 Å². The topological polar surface area (TPSA) is 126 Å². The number of aliphatic hydroxyl groups excluding tert-OH is 1. The first kappa shape index (κ1) is 22.9. The first-order valence-electron chi connectivity index (χ1n) is 10.6. The van der Waals surface area contributed by atoms with Gasteiger partial charge in [0.25, 0.3) is 5.91 Å². The molecule has 0 aliphatic carbocycles. The van der Waals surface area contributed by atoms with E-state index in [1.807, 2.05) is 31.2 Å². The van der Waals surface area contributed by atoms with Crippen molar-refractivity contribution in [3.63, 3.8) is 0 Å². The first-order chi connectivity index (χ1) is 15.7. The van der Waals surface area contributed by atoms with Gasteiger partial charge in [0.2, 0.25) is 10.0 Å². The van der Waals surface area contributed by atoms with Gasteiger partial charge in [-0.15, -0.1) is 0 Å². The molecule has 3 aromatic rings. The van der Waals surface area contributed by atoms with Crippen LogP contribution in [0, 0.1) is 6.92 Å². The highest BCUT2D eigenvalue weighted by Gasteiger charge is 2.34. The predicted octanol–water partition coefficient (Wildman–Crippen LogP) is 2.39. The Morgan fingerprint density at radius 2 is 1.79 bits per heavy atom. The third-order valence-electron chi connectivity index (χ3n) is 5.79. The van der Waals surface area contributed by atoms with Crippen molar-refractivity contribution in [3.8, 4) is 11.1 Å². The van der Waals surface area contributed by atoms with E-state index in [4.69, 9.17) is 5.73 Å². The number of carbonyl (C=O) groups excluding carboxylic acids is 1. The fraction of sp³-hybridized carbons (Fsp3) is 0.250. The van der Waals surface area contributed by atoms with Crippen LogP contribution in [0.3, 0.4) is 0 Å². The molecule has 0 radical (unpaired) electrons. The minimum atomic E-state index is -3.76. The van der Waals surface area contributed by atoms with E-state index in [1.54, 1.807) is 24.3 Å². The molecule has 1 amide bonds. The molecule has 4 rings (SSSR count). The van der Waals surface area contributed by atoms with Crippen molar-refractivity contribution >= 4 is 21.6 Å². The second kappa shape index (κ2) is 9.30. The van der Waals surface area contributed by atoms with Gasteiger partial charge in [-0.3, -0.25) is 9.78 Å². The Morgan fingerprint density at radius 3 is 2.42 bits per heavy atom. The summed E-state index contributed by atoms with van der Waals surface area (Å²) in [5.74, 6) is -0.630. The van der Waals surface area contributed by atoms with Crippen LogP contribution in [0.2, 0.25) is 0 Å². The molecule has 2 heterocycles. The first-order valence-corrected chi connectivity index (χ1v) is 12.1. The number of nitrogens with zero attached hydrogens (tertiary/aromatic N) is 2. The molecule has 0 bridgehead atoms. The number of aromatic nitrogens is 1. The number of amides is 1. The smallest absolute Gasteiger partial charge is 0.267 e. The van der Waals surface area contributed by atoms with Gasteiger partial charge in [-0.1, -0.05) is 29.8 Å². The van der Waals surface area contributed by atoms with Crippen molar-refractivity contribution in [1.82, 2.24) is 9.29 Å². The Labute approximate surface area is 193 Å². The lowest BCUT2D eigenvalue weighted by Gasteiger charge is -2.36. The summed E-state index contributed by atoms with van der Waals surface area (Å²) in [7, 11) is -3.76. The van der Waals surface area contributed by atoms with Crippen molar-refractivity contribution in [2.45, 2.75) is 30.4 Å². The molecule has 2 aromatic carbocycles. The summed E-state index contributed by atoms with van der Waals surface area (Å²) < 4.78 is 27.6. The number of piperidine rings is 1. The number of β-amino-alcohol motifs (C(OH)–C–C–N with tert-alkyl or cyclic N) is 1. The monoisotopic (exact) mass is 466 g/mol. The van der Waals surface area contributed by atoms with Crippen molar-refractivity contribution in [2.75, 3.05) is 18.4 Å². The Balaban J connectivity index is 1.45. The van der Waals surface area contributed by atoms with Crippen molar-refractivity contribution < 1.29 is 18.3 Å². The molecule has 33 heavy (non-hydrogen) atoms. The molecule has 1 aliphatic heterocycles. The van der Waals surface area contributed by atoms with Gasteiger partial charge in [-0.25, -0.2) is 8.42 Å². The normalized spacial score (nSPS) is 19.2. The molecule has 0 unspecified atom stereocenters. The van der Waals surface area contributed by atoms with Crippen LogP contribution in [0.5, 0.6) is 0 Å². The summed E-state index contributed by atoms with van der Waals surface area (Å²) in [4.78, 5) is 15.4. The van der Waals surface area contributed by atoms with Crippen molar-refractivity contribution in [3.05, 3.63) is 78.1 Å². The Morgan fingerprint density at radius 1 is 1.09 bits per heavy atom. The summed E-state index contributed by atoms with van der Waals surface area (Å²) in [6, 6.07) is 17.3. The van der Waals surface area contributed by atoms with Gasteiger partial charge in [0.05, 0.1) is 17.0 Å². The molecule has 8 nitrogen and oxygen atoms in total. The van der Waals surface area contributed by atoms with Crippen LogP contribution in [-0.4, -0.2) is 54.0 Å². The largest absolute Gasteiger partial charge is 0.390 e. The van der Waals surface area contributed by atoms with Gasteiger partial charge in [0, 0.05) is 25.0 Å². The standard InChI is InChI=1S/C24H26N4O4S/c1-16-2-6-19(7-3-16)27-21-11-13-28(15-23(21)29)33(31,32)20-8-4-17(5-9-20)18-10-12-26-22(14-18)24(25)30/h2-10,12,14,21,23,27,29H,11,13,15H2,1H3,(H2,25,30)/t21-,23+/m1/s1. The number of aliphatic hydroxyl groups is 1. The Kier molecular flexibility index (Phi) is 6.46. The zero-order valence-electron chi connectivity index (χ0n) is 18.2. The third kappa shape index (κ3) is 5.05. The number of primary amides is 1. The highest BCUT2D eigenvalue weighted by atomic mass is 32.2. The quantitative estimate of drug-likeness (QED) is 0.512. The number of nitrogens with two attached hydrogens (primary N) is 1. The minimum absolute atomic E-state index is 0.0138. The lowest BCUT2D eigenvalue weighted by molar-refractivity contribution is 0.0950. The summed E-state index contributed by atoms with van der Waals surface area (Å²) in [5, 5.41) is 13.9. The molecule has 1 aromatic heterocycles. The number of rotatable bonds is 6. The SMILES string of the molecule is Cc1ccc(N[C@@H]2CCN(S(=O)(=O)c3ccc(-c4ccnc(C(N)=O)c4)cc3)C[C@@H]2O)cc1. The summed E-state index contributed by atoms with van der Waals surface area (Å²) in [6.45, 7) is 2.32. The zero-order chi connectivity index (χ0) is 23.6. The number of carbonyl (C=O) groups is 1.